The summed E-state index contributed by atoms with van der Waals surface area (Å²) in [6, 6.07) is 10.2. The van der Waals surface area contributed by atoms with Crippen LogP contribution in [0.15, 0.2) is 30.3 Å². The Balaban J connectivity index is 2.23. The molecule has 0 unspecified atom stereocenters. The summed E-state index contributed by atoms with van der Waals surface area (Å²) < 4.78 is 0. The minimum atomic E-state index is 0.191. The van der Waals surface area contributed by atoms with Crippen molar-refractivity contribution >= 4 is 33.2 Å². The van der Waals surface area contributed by atoms with Crippen molar-refractivity contribution in [1.82, 2.24) is 4.98 Å². The molecule has 0 fully saturated rings. The number of aliphatic hydroxyl groups excluding tert-OH is 1. The highest BCUT2D eigenvalue weighted by Gasteiger charge is 2.12. The van der Waals surface area contributed by atoms with E-state index in [0.717, 1.165) is 51.7 Å². The SMILES string of the molecule is Cc1cc(NCCCO)c2[nH]c3ccccc3c2c1N. The molecule has 3 rings (SSSR count). The number of hydrogen-bond donors (Lipinski definition) is 4. The highest BCUT2D eigenvalue weighted by molar-refractivity contribution is 6.17. The van der Waals surface area contributed by atoms with Gasteiger partial charge < -0.3 is 21.1 Å². The predicted molar refractivity (Wildman–Crippen MR) is 85.1 cm³/mol. The lowest BCUT2D eigenvalue weighted by Crippen LogP contribution is -2.05. The zero-order valence-electron chi connectivity index (χ0n) is 11.5. The molecular weight excluding hydrogens is 250 g/mol. The Kier molecular flexibility index (Phi) is 3.24. The summed E-state index contributed by atoms with van der Waals surface area (Å²) in [5.41, 5.74) is 11.3. The molecule has 0 spiro atoms. The molecule has 0 aliphatic heterocycles. The van der Waals surface area contributed by atoms with Gasteiger partial charge in [0, 0.05) is 35.1 Å². The predicted octanol–water partition coefficient (Wildman–Crippen LogP) is 3.01. The van der Waals surface area contributed by atoms with Crippen LogP contribution < -0.4 is 11.1 Å². The summed E-state index contributed by atoms with van der Waals surface area (Å²) in [6.45, 7) is 2.95. The molecule has 3 aromatic rings. The molecule has 0 bridgehead atoms. The summed E-state index contributed by atoms with van der Waals surface area (Å²) >= 11 is 0. The van der Waals surface area contributed by atoms with E-state index in [4.69, 9.17) is 10.8 Å². The molecule has 0 aliphatic carbocycles. The lowest BCUT2D eigenvalue weighted by Gasteiger charge is -2.11. The van der Waals surface area contributed by atoms with Crippen LogP contribution in [0.4, 0.5) is 11.4 Å². The Labute approximate surface area is 117 Å². The summed E-state index contributed by atoms with van der Waals surface area (Å²) in [7, 11) is 0. The smallest absolute Gasteiger partial charge is 0.0721 e. The number of aromatic nitrogens is 1. The van der Waals surface area contributed by atoms with Crippen molar-refractivity contribution < 1.29 is 5.11 Å². The van der Waals surface area contributed by atoms with Crippen LogP contribution >= 0.6 is 0 Å². The van der Waals surface area contributed by atoms with E-state index in [1.165, 1.54) is 0 Å². The molecule has 5 N–H and O–H groups in total. The first-order valence-corrected chi connectivity index (χ1v) is 6.86. The number of H-pyrrole nitrogens is 1. The molecule has 0 saturated heterocycles. The Morgan fingerprint density at radius 2 is 2.10 bits per heavy atom. The van der Waals surface area contributed by atoms with E-state index in [2.05, 4.69) is 28.5 Å². The molecule has 1 aromatic heterocycles. The lowest BCUT2D eigenvalue weighted by molar-refractivity contribution is 0.292. The second-order valence-electron chi connectivity index (χ2n) is 5.08. The molecule has 1 heterocycles. The van der Waals surface area contributed by atoms with Crippen molar-refractivity contribution in [3.8, 4) is 0 Å². The van der Waals surface area contributed by atoms with E-state index in [9.17, 15) is 0 Å². The first kappa shape index (κ1) is 12.8. The highest BCUT2D eigenvalue weighted by atomic mass is 16.3. The third kappa shape index (κ3) is 1.98. The van der Waals surface area contributed by atoms with Crippen LogP contribution in [0.1, 0.15) is 12.0 Å². The number of hydrogen-bond acceptors (Lipinski definition) is 3. The molecule has 0 radical (unpaired) electrons. The lowest BCUT2D eigenvalue weighted by atomic mass is 10.1. The van der Waals surface area contributed by atoms with Crippen LogP contribution in [0.25, 0.3) is 21.8 Å². The van der Waals surface area contributed by atoms with Gasteiger partial charge in [0.05, 0.1) is 11.2 Å². The molecule has 4 nitrogen and oxygen atoms in total. The molecule has 0 amide bonds. The van der Waals surface area contributed by atoms with Crippen molar-refractivity contribution in [1.29, 1.82) is 0 Å². The molecule has 0 atom stereocenters. The average molecular weight is 269 g/mol. The van der Waals surface area contributed by atoms with Crippen molar-refractivity contribution in [2.75, 3.05) is 24.2 Å². The third-order valence-corrected chi connectivity index (χ3v) is 3.68. The van der Waals surface area contributed by atoms with Crippen LogP contribution in [0.5, 0.6) is 0 Å². The zero-order valence-corrected chi connectivity index (χ0v) is 11.5. The quantitative estimate of drug-likeness (QED) is 0.434. The molecule has 20 heavy (non-hydrogen) atoms. The van der Waals surface area contributed by atoms with E-state index in [-0.39, 0.29) is 6.61 Å². The molecule has 0 saturated carbocycles. The minimum Gasteiger partial charge on any atom is -0.398 e. The minimum absolute atomic E-state index is 0.191. The maximum atomic E-state index is 8.90. The second kappa shape index (κ2) is 5.06. The van der Waals surface area contributed by atoms with Crippen LogP contribution in [-0.2, 0) is 0 Å². The first-order chi connectivity index (χ1) is 9.72. The van der Waals surface area contributed by atoms with Gasteiger partial charge in [-0.15, -0.1) is 0 Å². The van der Waals surface area contributed by atoms with Gasteiger partial charge in [0.15, 0.2) is 0 Å². The van der Waals surface area contributed by atoms with Gasteiger partial charge in [0.2, 0.25) is 0 Å². The normalized spacial score (nSPS) is 11.3. The summed E-state index contributed by atoms with van der Waals surface area (Å²) in [5.74, 6) is 0. The first-order valence-electron chi connectivity index (χ1n) is 6.86. The third-order valence-electron chi connectivity index (χ3n) is 3.68. The van der Waals surface area contributed by atoms with Crippen LogP contribution in [-0.4, -0.2) is 23.2 Å². The summed E-state index contributed by atoms with van der Waals surface area (Å²) in [5, 5.41) is 14.5. The number of fused-ring (bicyclic) bond motifs is 3. The Bertz CT molecular complexity index is 761. The fourth-order valence-electron chi connectivity index (χ4n) is 2.63. The Hall–Kier alpha value is -2.20. The van der Waals surface area contributed by atoms with Crippen molar-refractivity contribution in [3.63, 3.8) is 0 Å². The molecular formula is C16H19N3O. The van der Waals surface area contributed by atoms with Crippen LogP contribution in [0.3, 0.4) is 0 Å². The number of nitrogens with two attached hydrogens (primary N) is 1. The Morgan fingerprint density at radius 3 is 2.90 bits per heavy atom. The Morgan fingerprint density at radius 1 is 1.30 bits per heavy atom. The van der Waals surface area contributed by atoms with E-state index in [0.29, 0.717) is 0 Å². The zero-order chi connectivity index (χ0) is 14.1. The molecule has 4 heteroatoms. The van der Waals surface area contributed by atoms with Crippen molar-refractivity contribution in [2.45, 2.75) is 13.3 Å². The maximum absolute atomic E-state index is 8.90. The van der Waals surface area contributed by atoms with Crippen LogP contribution in [0, 0.1) is 6.92 Å². The summed E-state index contributed by atoms with van der Waals surface area (Å²) in [4.78, 5) is 3.44. The van der Waals surface area contributed by atoms with Gasteiger partial charge in [-0.3, -0.25) is 0 Å². The highest BCUT2D eigenvalue weighted by Crippen LogP contribution is 2.36. The standard InChI is InChI=1S/C16H19N3O/c1-10-9-13(18-7-4-8-20)16-14(15(10)17)11-5-2-3-6-12(11)19-16/h2-3,5-6,9,18-20H,4,7-8,17H2,1H3. The fourth-order valence-corrected chi connectivity index (χ4v) is 2.63. The van der Waals surface area contributed by atoms with E-state index in [1.807, 2.05) is 19.1 Å². The summed E-state index contributed by atoms with van der Waals surface area (Å²) in [6.07, 6.45) is 0.727. The number of anilines is 2. The molecule has 104 valence electrons. The van der Waals surface area contributed by atoms with Crippen molar-refractivity contribution in [2.24, 2.45) is 0 Å². The largest absolute Gasteiger partial charge is 0.398 e. The number of aryl methyl sites for hydroxylation is 1. The van der Waals surface area contributed by atoms with Gasteiger partial charge in [0.1, 0.15) is 0 Å². The molecule has 2 aromatic carbocycles. The van der Waals surface area contributed by atoms with E-state index < -0.39 is 0 Å². The monoisotopic (exact) mass is 269 g/mol. The van der Waals surface area contributed by atoms with Gasteiger partial charge >= 0.3 is 0 Å². The van der Waals surface area contributed by atoms with Gasteiger partial charge in [0.25, 0.3) is 0 Å². The average Bonchev–Trinajstić information content (AvgIpc) is 2.84. The number of rotatable bonds is 4. The van der Waals surface area contributed by atoms with Crippen LogP contribution in [0.2, 0.25) is 0 Å². The van der Waals surface area contributed by atoms with Crippen molar-refractivity contribution in [3.05, 3.63) is 35.9 Å². The van der Waals surface area contributed by atoms with Gasteiger partial charge in [-0.25, -0.2) is 0 Å². The molecule has 0 aliphatic rings. The number of aromatic amines is 1. The van der Waals surface area contributed by atoms with E-state index >= 15 is 0 Å². The van der Waals surface area contributed by atoms with E-state index in [1.54, 1.807) is 0 Å². The van der Waals surface area contributed by atoms with Gasteiger partial charge in [-0.1, -0.05) is 18.2 Å². The number of para-hydroxylation sites is 1. The maximum Gasteiger partial charge on any atom is 0.0721 e. The second-order valence-corrected chi connectivity index (χ2v) is 5.08. The van der Waals surface area contributed by atoms with Gasteiger partial charge in [-0.05, 0) is 31.0 Å². The number of benzene rings is 2. The number of aliphatic hydroxyl groups is 1. The number of nitrogens with one attached hydrogen (secondary N) is 2. The fraction of sp³-hybridized carbons (Fsp3) is 0.250. The number of nitrogen functional groups attached to an aromatic ring is 1. The van der Waals surface area contributed by atoms with Gasteiger partial charge in [-0.2, -0.15) is 0 Å². The topological polar surface area (TPSA) is 74.1 Å².